The molecule has 0 radical (unpaired) electrons. The highest BCUT2D eigenvalue weighted by Gasteiger charge is 2.20. The Labute approximate surface area is 193 Å². The van der Waals surface area contributed by atoms with Gasteiger partial charge in [0.1, 0.15) is 5.82 Å². The molecule has 33 heavy (non-hydrogen) atoms. The number of aryl methyl sites for hydroxylation is 2. The lowest BCUT2D eigenvalue weighted by Crippen LogP contribution is -2.15. The van der Waals surface area contributed by atoms with Gasteiger partial charge in [-0.1, -0.05) is 49.4 Å². The zero-order valence-corrected chi connectivity index (χ0v) is 19.3. The van der Waals surface area contributed by atoms with Gasteiger partial charge in [0.05, 0.1) is 11.6 Å². The molecule has 0 fully saturated rings. The Balaban J connectivity index is 1.60. The lowest BCUT2D eigenvalue weighted by molar-refractivity contribution is 0.102. The highest BCUT2D eigenvalue weighted by Crippen LogP contribution is 2.26. The standard InChI is InChI=1S/C27H28N4O2/c1-5-22-16-25(32)30-26(28-22)21-12-9-13-23(15-21)29-27(33)24-14-17(2)31(19(24)4)18(3)20-10-7-6-8-11-20/h6-16,18H,5H2,1-4H3,(H,29,33)(H,28,30,32). The molecule has 2 aromatic carbocycles. The first-order chi connectivity index (χ1) is 15.9. The van der Waals surface area contributed by atoms with Gasteiger partial charge >= 0.3 is 0 Å². The molecule has 4 aromatic rings. The van der Waals surface area contributed by atoms with E-state index >= 15 is 0 Å². The fraction of sp³-hybridized carbons (Fsp3) is 0.222. The summed E-state index contributed by atoms with van der Waals surface area (Å²) >= 11 is 0. The molecule has 2 N–H and O–H groups in total. The molecule has 0 spiro atoms. The third kappa shape index (κ3) is 4.65. The minimum Gasteiger partial charge on any atom is -0.341 e. The van der Waals surface area contributed by atoms with Crippen molar-refractivity contribution in [3.8, 4) is 11.4 Å². The van der Waals surface area contributed by atoms with Crippen molar-refractivity contribution < 1.29 is 4.79 Å². The lowest BCUT2D eigenvalue weighted by atomic mass is 10.1. The van der Waals surface area contributed by atoms with Crippen LogP contribution in [0.4, 0.5) is 5.69 Å². The van der Waals surface area contributed by atoms with E-state index < -0.39 is 0 Å². The molecule has 1 amide bonds. The molecule has 0 aliphatic rings. The summed E-state index contributed by atoms with van der Waals surface area (Å²) < 4.78 is 2.19. The third-order valence-electron chi connectivity index (χ3n) is 5.95. The molecule has 0 saturated carbocycles. The molecule has 2 heterocycles. The van der Waals surface area contributed by atoms with Crippen molar-refractivity contribution in [2.75, 3.05) is 5.32 Å². The van der Waals surface area contributed by atoms with Crippen LogP contribution in [-0.2, 0) is 6.42 Å². The summed E-state index contributed by atoms with van der Waals surface area (Å²) in [6.07, 6.45) is 0.671. The minimum atomic E-state index is -0.189. The molecule has 1 atom stereocenters. The van der Waals surface area contributed by atoms with Crippen LogP contribution >= 0.6 is 0 Å². The largest absolute Gasteiger partial charge is 0.341 e. The van der Waals surface area contributed by atoms with Gasteiger partial charge in [-0.25, -0.2) is 4.98 Å². The SMILES string of the molecule is CCc1cc(=O)[nH]c(-c2cccc(NC(=O)c3cc(C)n(C(C)c4ccccc4)c3C)c2)n1. The molecule has 0 aliphatic carbocycles. The lowest BCUT2D eigenvalue weighted by Gasteiger charge is -2.19. The first kappa shape index (κ1) is 22.3. The van der Waals surface area contributed by atoms with Crippen LogP contribution < -0.4 is 10.9 Å². The number of nitrogens with zero attached hydrogens (tertiary/aromatic N) is 2. The van der Waals surface area contributed by atoms with Gasteiger partial charge in [0.2, 0.25) is 0 Å². The average molecular weight is 441 g/mol. The molecular weight excluding hydrogens is 412 g/mol. The summed E-state index contributed by atoms with van der Waals surface area (Å²) in [5.74, 6) is 0.320. The highest BCUT2D eigenvalue weighted by atomic mass is 16.1. The summed E-state index contributed by atoms with van der Waals surface area (Å²) in [6, 6.07) is 21.1. The van der Waals surface area contributed by atoms with Crippen molar-refractivity contribution in [3.63, 3.8) is 0 Å². The number of anilines is 1. The Morgan fingerprint density at radius 1 is 1.06 bits per heavy atom. The molecule has 0 bridgehead atoms. The van der Waals surface area contributed by atoms with E-state index in [1.165, 1.54) is 11.6 Å². The summed E-state index contributed by atoms with van der Waals surface area (Å²) in [5.41, 5.74) is 5.69. The quantitative estimate of drug-likeness (QED) is 0.428. The van der Waals surface area contributed by atoms with E-state index in [9.17, 15) is 9.59 Å². The third-order valence-corrected chi connectivity index (χ3v) is 5.95. The molecule has 0 aliphatic heterocycles. The number of rotatable bonds is 6. The normalized spacial score (nSPS) is 11.9. The second-order valence-corrected chi connectivity index (χ2v) is 8.22. The van der Waals surface area contributed by atoms with Gasteiger partial charge in [0, 0.05) is 34.4 Å². The highest BCUT2D eigenvalue weighted by molar-refractivity contribution is 6.05. The summed E-state index contributed by atoms with van der Waals surface area (Å²) in [6.45, 7) is 8.09. The minimum absolute atomic E-state index is 0.116. The van der Waals surface area contributed by atoms with Gasteiger partial charge in [-0.15, -0.1) is 0 Å². The van der Waals surface area contributed by atoms with Crippen molar-refractivity contribution in [1.29, 1.82) is 0 Å². The predicted octanol–water partition coefficient (Wildman–Crippen LogP) is 5.28. The number of hydrogen-bond donors (Lipinski definition) is 2. The fourth-order valence-corrected chi connectivity index (χ4v) is 4.25. The van der Waals surface area contributed by atoms with Crippen LogP contribution in [0.5, 0.6) is 0 Å². The van der Waals surface area contributed by atoms with Crippen LogP contribution in [0, 0.1) is 13.8 Å². The van der Waals surface area contributed by atoms with Crippen molar-refractivity contribution in [2.45, 2.75) is 40.2 Å². The van der Waals surface area contributed by atoms with Gasteiger partial charge in [-0.05, 0) is 51.0 Å². The maximum atomic E-state index is 13.2. The number of carbonyl (C=O) groups is 1. The van der Waals surface area contributed by atoms with Crippen LogP contribution in [0.3, 0.4) is 0 Å². The topological polar surface area (TPSA) is 79.8 Å². The van der Waals surface area contributed by atoms with E-state index in [4.69, 9.17) is 0 Å². The number of carbonyl (C=O) groups excluding carboxylic acids is 1. The molecule has 6 heteroatoms. The number of aromatic amines is 1. The first-order valence-corrected chi connectivity index (χ1v) is 11.1. The maximum absolute atomic E-state index is 13.2. The number of amides is 1. The second-order valence-electron chi connectivity index (χ2n) is 8.22. The summed E-state index contributed by atoms with van der Waals surface area (Å²) in [4.78, 5) is 32.4. The average Bonchev–Trinajstić information content (AvgIpc) is 3.12. The van der Waals surface area contributed by atoms with Crippen LogP contribution in [0.25, 0.3) is 11.4 Å². The van der Waals surface area contributed by atoms with Crippen LogP contribution in [-0.4, -0.2) is 20.4 Å². The van der Waals surface area contributed by atoms with Gasteiger partial charge in [0.15, 0.2) is 0 Å². The summed E-state index contributed by atoms with van der Waals surface area (Å²) in [5, 5.41) is 3.00. The molecular formula is C27H28N4O2. The van der Waals surface area contributed by atoms with Gasteiger partial charge in [0.25, 0.3) is 11.5 Å². The van der Waals surface area contributed by atoms with Crippen molar-refractivity contribution in [2.24, 2.45) is 0 Å². The Bertz CT molecular complexity index is 1350. The van der Waals surface area contributed by atoms with Crippen LogP contribution in [0.2, 0.25) is 0 Å². The smallest absolute Gasteiger partial charge is 0.257 e. The van der Waals surface area contributed by atoms with E-state index in [0.29, 0.717) is 23.5 Å². The molecule has 6 nitrogen and oxygen atoms in total. The van der Waals surface area contributed by atoms with Gasteiger partial charge in [-0.3, -0.25) is 9.59 Å². The monoisotopic (exact) mass is 440 g/mol. The zero-order chi connectivity index (χ0) is 23.5. The Morgan fingerprint density at radius 2 is 1.82 bits per heavy atom. The molecule has 1 unspecified atom stereocenters. The summed E-state index contributed by atoms with van der Waals surface area (Å²) in [7, 11) is 0. The predicted molar refractivity (Wildman–Crippen MR) is 132 cm³/mol. The number of H-pyrrole nitrogens is 1. The number of nitrogens with one attached hydrogen (secondary N) is 2. The molecule has 2 aromatic heterocycles. The Morgan fingerprint density at radius 3 is 2.55 bits per heavy atom. The Hall–Kier alpha value is -3.93. The number of benzene rings is 2. The van der Waals surface area contributed by atoms with Crippen molar-refractivity contribution in [3.05, 3.63) is 105 Å². The van der Waals surface area contributed by atoms with E-state index in [1.54, 1.807) is 0 Å². The fourth-order valence-electron chi connectivity index (χ4n) is 4.25. The van der Waals surface area contributed by atoms with E-state index in [-0.39, 0.29) is 17.5 Å². The van der Waals surface area contributed by atoms with Crippen molar-refractivity contribution in [1.82, 2.24) is 14.5 Å². The zero-order valence-electron chi connectivity index (χ0n) is 19.3. The number of hydrogen-bond acceptors (Lipinski definition) is 3. The maximum Gasteiger partial charge on any atom is 0.257 e. The van der Waals surface area contributed by atoms with Gasteiger partial charge in [-0.2, -0.15) is 0 Å². The van der Waals surface area contributed by atoms with Crippen LogP contribution in [0.15, 0.2) is 71.5 Å². The molecule has 168 valence electrons. The van der Waals surface area contributed by atoms with Crippen LogP contribution in [0.1, 0.15) is 52.9 Å². The van der Waals surface area contributed by atoms with E-state index in [2.05, 4.69) is 38.9 Å². The van der Waals surface area contributed by atoms with E-state index in [0.717, 1.165) is 22.6 Å². The second kappa shape index (κ2) is 9.28. The molecule has 0 saturated heterocycles. The van der Waals surface area contributed by atoms with Gasteiger partial charge < -0.3 is 14.9 Å². The number of aromatic nitrogens is 3. The molecule has 4 rings (SSSR count). The van der Waals surface area contributed by atoms with Crippen molar-refractivity contribution >= 4 is 11.6 Å². The first-order valence-electron chi connectivity index (χ1n) is 11.1. The Kier molecular flexibility index (Phi) is 6.27. The van der Waals surface area contributed by atoms with E-state index in [1.807, 2.05) is 69.3 Å².